The van der Waals surface area contributed by atoms with Crippen molar-refractivity contribution in [3.8, 4) is 11.4 Å². The van der Waals surface area contributed by atoms with Crippen LogP contribution in [0.5, 0.6) is 0 Å². The van der Waals surface area contributed by atoms with E-state index in [-0.39, 0.29) is 12.2 Å². The fourth-order valence-corrected chi connectivity index (χ4v) is 3.06. The van der Waals surface area contributed by atoms with Gasteiger partial charge in [0.15, 0.2) is 0 Å². The molecule has 6 heteroatoms. The van der Waals surface area contributed by atoms with E-state index in [1.54, 1.807) is 4.90 Å². The Morgan fingerprint density at radius 3 is 2.31 bits per heavy atom. The standard InChI is InChI=1S/C13H10N2.C10H19NO3/c1-2-6-10(7-3-1)13-14-11-8-4-5-9-12(11)15-13;1-10(2,3)14-9(13)11-6-4-8(12)5-7-11/h1-9H,(H,14,15);8,12H,4-7H2,1-3H3. The zero-order valence-corrected chi connectivity index (χ0v) is 17.3. The largest absolute Gasteiger partial charge is 0.444 e. The van der Waals surface area contributed by atoms with Crippen molar-refractivity contribution in [1.82, 2.24) is 14.9 Å². The Balaban J connectivity index is 0.000000166. The van der Waals surface area contributed by atoms with Crippen molar-refractivity contribution < 1.29 is 14.6 Å². The fourth-order valence-electron chi connectivity index (χ4n) is 3.06. The summed E-state index contributed by atoms with van der Waals surface area (Å²) < 4.78 is 5.22. The predicted molar refractivity (Wildman–Crippen MR) is 115 cm³/mol. The molecule has 1 aromatic heterocycles. The number of fused-ring (bicyclic) bond motifs is 1. The van der Waals surface area contributed by atoms with Crippen LogP contribution in [0.4, 0.5) is 4.79 Å². The number of carbonyl (C=O) groups is 1. The zero-order chi connectivity index (χ0) is 20.9. The van der Waals surface area contributed by atoms with Gasteiger partial charge >= 0.3 is 6.09 Å². The van der Waals surface area contributed by atoms with Gasteiger partial charge in [0.25, 0.3) is 0 Å². The van der Waals surface area contributed by atoms with Crippen LogP contribution in [0.25, 0.3) is 22.4 Å². The second-order valence-electron chi connectivity index (χ2n) is 8.17. The second kappa shape index (κ2) is 9.09. The van der Waals surface area contributed by atoms with E-state index in [9.17, 15) is 9.90 Å². The first-order chi connectivity index (χ1) is 13.8. The van der Waals surface area contributed by atoms with Gasteiger partial charge in [-0.25, -0.2) is 9.78 Å². The fraction of sp³-hybridized carbons (Fsp3) is 0.391. The lowest BCUT2D eigenvalue weighted by Gasteiger charge is -2.31. The van der Waals surface area contributed by atoms with Crippen molar-refractivity contribution >= 4 is 17.1 Å². The highest BCUT2D eigenvalue weighted by Crippen LogP contribution is 2.19. The number of amides is 1. The summed E-state index contributed by atoms with van der Waals surface area (Å²) in [6.45, 7) is 6.74. The molecule has 0 saturated carbocycles. The number of likely N-dealkylation sites (tertiary alicyclic amines) is 1. The Labute approximate surface area is 171 Å². The summed E-state index contributed by atoms with van der Waals surface area (Å²) in [5.74, 6) is 0.928. The number of para-hydroxylation sites is 2. The van der Waals surface area contributed by atoms with Crippen molar-refractivity contribution in [3.05, 3.63) is 54.6 Å². The van der Waals surface area contributed by atoms with E-state index in [0.717, 1.165) is 22.4 Å². The minimum Gasteiger partial charge on any atom is -0.444 e. The molecular formula is C23H29N3O3. The number of aromatic amines is 1. The average molecular weight is 396 g/mol. The van der Waals surface area contributed by atoms with Crippen molar-refractivity contribution in [2.75, 3.05) is 13.1 Å². The molecule has 2 N–H and O–H groups in total. The molecule has 1 amide bonds. The van der Waals surface area contributed by atoms with Gasteiger partial charge in [0.05, 0.1) is 17.1 Å². The number of imidazole rings is 1. The number of aromatic nitrogens is 2. The first kappa shape index (κ1) is 20.9. The summed E-state index contributed by atoms with van der Waals surface area (Å²) in [5.41, 5.74) is 2.77. The van der Waals surface area contributed by atoms with Crippen LogP contribution >= 0.6 is 0 Å². The Hall–Kier alpha value is -2.86. The Bertz CT molecular complexity index is 890. The van der Waals surface area contributed by atoms with E-state index in [4.69, 9.17) is 4.74 Å². The van der Waals surface area contributed by atoms with Gasteiger partial charge < -0.3 is 19.7 Å². The molecule has 2 aromatic carbocycles. The number of carbonyl (C=O) groups excluding carboxylic acids is 1. The molecular weight excluding hydrogens is 366 g/mol. The first-order valence-electron chi connectivity index (χ1n) is 9.98. The molecule has 0 atom stereocenters. The number of rotatable bonds is 1. The maximum atomic E-state index is 11.5. The number of benzene rings is 2. The molecule has 1 fully saturated rings. The van der Waals surface area contributed by atoms with Crippen LogP contribution in [0.15, 0.2) is 54.6 Å². The number of H-pyrrole nitrogens is 1. The quantitative estimate of drug-likeness (QED) is 0.631. The van der Waals surface area contributed by atoms with Gasteiger partial charge in [0, 0.05) is 18.7 Å². The molecule has 1 saturated heterocycles. The predicted octanol–water partition coefficient (Wildman–Crippen LogP) is 4.61. The van der Waals surface area contributed by atoms with Crippen LogP contribution in [0.3, 0.4) is 0 Å². The summed E-state index contributed by atoms with van der Waals surface area (Å²) in [5, 5.41) is 9.26. The summed E-state index contributed by atoms with van der Waals surface area (Å²) in [6.07, 6.45) is 0.775. The van der Waals surface area contributed by atoms with Crippen LogP contribution in [0, 0.1) is 0 Å². The minimum absolute atomic E-state index is 0.256. The SMILES string of the molecule is CC(C)(C)OC(=O)N1CCC(O)CC1.c1ccc(-c2nc3ccccc3[nH]2)cc1. The van der Waals surface area contributed by atoms with Crippen molar-refractivity contribution in [1.29, 1.82) is 0 Å². The van der Waals surface area contributed by atoms with E-state index in [2.05, 4.69) is 22.1 Å². The average Bonchev–Trinajstić information content (AvgIpc) is 3.13. The third-order valence-corrected chi connectivity index (χ3v) is 4.55. The number of nitrogens with zero attached hydrogens (tertiary/aromatic N) is 2. The molecule has 0 aliphatic carbocycles. The molecule has 154 valence electrons. The summed E-state index contributed by atoms with van der Waals surface area (Å²) in [7, 11) is 0. The molecule has 4 rings (SSSR count). The monoisotopic (exact) mass is 395 g/mol. The Morgan fingerprint density at radius 2 is 1.69 bits per heavy atom. The van der Waals surface area contributed by atoms with Crippen LogP contribution < -0.4 is 0 Å². The van der Waals surface area contributed by atoms with Gasteiger partial charge in [-0.15, -0.1) is 0 Å². The lowest BCUT2D eigenvalue weighted by molar-refractivity contribution is 0.0101. The van der Waals surface area contributed by atoms with E-state index in [0.29, 0.717) is 25.9 Å². The third kappa shape index (κ3) is 6.06. The highest BCUT2D eigenvalue weighted by molar-refractivity contribution is 5.79. The second-order valence-corrected chi connectivity index (χ2v) is 8.17. The van der Waals surface area contributed by atoms with E-state index >= 15 is 0 Å². The van der Waals surface area contributed by atoms with Crippen LogP contribution in [-0.2, 0) is 4.74 Å². The van der Waals surface area contributed by atoms with Gasteiger partial charge in [-0.05, 0) is 45.7 Å². The first-order valence-corrected chi connectivity index (χ1v) is 9.98. The molecule has 6 nitrogen and oxygen atoms in total. The Morgan fingerprint density at radius 1 is 1.07 bits per heavy atom. The smallest absolute Gasteiger partial charge is 0.410 e. The number of hydrogen-bond donors (Lipinski definition) is 2. The molecule has 0 bridgehead atoms. The van der Waals surface area contributed by atoms with Crippen molar-refractivity contribution in [2.24, 2.45) is 0 Å². The van der Waals surface area contributed by atoms with E-state index < -0.39 is 5.60 Å². The van der Waals surface area contributed by atoms with Gasteiger partial charge in [-0.1, -0.05) is 42.5 Å². The number of nitrogens with one attached hydrogen (secondary N) is 1. The molecule has 29 heavy (non-hydrogen) atoms. The number of aliphatic hydroxyl groups excluding tert-OH is 1. The Kier molecular flexibility index (Phi) is 6.54. The maximum absolute atomic E-state index is 11.5. The van der Waals surface area contributed by atoms with E-state index in [1.165, 1.54) is 0 Å². The van der Waals surface area contributed by atoms with Crippen LogP contribution in [-0.4, -0.2) is 50.9 Å². The minimum atomic E-state index is -0.437. The van der Waals surface area contributed by atoms with Crippen molar-refractivity contribution in [3.63, 3.8) is 0 Å². The summed E-state index contributed by atoms with van der Waals surface area (Å²) in [6, 6.07) is 18.2. The zero-order valence-electron chi connectivity index (χ0n) is 17.3. The molecule has 0 radical (unpaired) electrons. The van der Waals surface area contributed by atoms with Crippen LogP contribution in [0.1, 0.15) is 33.6 Å². The molecule has 0 unspecified atom stereocenters. The molecule has 3 aromatic rings. The summed E-state index contributed by atoms with van der Waals surface area (Å²) in [4.78, 5) is 21.0. The lowest BCUT2D eigenvalue weighted by atomic mass is 10.1. The number of ether oxygens (including phenoxy) is 1. The lowest BCUT2D eigenvalue weighted by Crippen LogP contribution is -2.42. The number of piperidine rings is 1. The molecule has 2 heterocycles. The summed E-state index contributed by atoms with van der Waals surface area (Å²) >= 11 is 0. The van der Waals surface area contributed by atoms with Crippen molar-refractivity contribution in [2.45, 2.75) is 45.3 Å². The molecule has 1 aliphatic rings. The van der Waals surface area contributed by atoms with Gasteiger partial charge in [0.1, 0.15) is 11.4 Å². The normalized spacial score (nSPS) is 15.0. The van der Waals surface area contributed by atoms with Crippen LogP contribution in [0.2, 0.25) is 0 Å². The third-order valence-electron chi connectivity index (χ3n) is 4.55. The molecule has 1 aliphatic heterocycles. The van der Waals surface area contributed by atoms with E-state index in [1.807, 2.05) is 63.2 Å². The topological polar surface area (TPSA) is 78.4 Å². The highest BCUT2D eigenvalue weighted by Gasteiger charge is 2.25. The molecule has 0 spiro atoms. The highest BCUT2D eigenvalue weighted by atomic mass is 16.6. The van der Waals surface area contributed by atoms with Gasteiger partial charge in [-0.3, -0.25) is 0 Å². The number of hydrogen-bond acceptors (Lipinski definition) is 4. The van der Waals surface area contributed by atoms with Gasteiger partial charge in [-0.2, -0.15) is 0 Å². The number of aliphatic hydroxyl groups is 1. The van der Waals surface area contributed by atoms with Gasteiger partial charge in [0.2, 0.25) is 0 Å². The maximum Gasteiger partial charge on any atom is 0.410 e.